The Bertz CT molecular complexity index is 850. The number of carbonyl (C=O) groups excluding carboxylic acids is 2. The number of rotatable bonds is 4. The Labute approximate surface area is 153 Å². The zero-order valence-electron chi connectivity index (χ0n) is 14.4. The Kier molecular flexibility index (Phi) is 5.07. The van der Waals surface area contributed by atoms with Gasteiger partial charge in [-0.05, 0) is 31.2 Å². The number of anilines is 1. The highest BCUT2D eigenvalue weighted by Crippen LogP contribution is 2.31. The number of hydrogen-bond donors (Lipinski definition) is 1. The van der Waals surface area contributed by atoms with Crippen LogP contribution in [-0.4, -0.2) is 31.2 Å². The maximum absolute atomic E-state index is 13.0. The molecular formula is C19H17F3N2O3. The van der Waals surface area contributed by atoms with Gasteiger partial charge in [-0.2, -0.15) is 13.2 Å². The summed E-state index contributed by atoms with van der Waals surface area (Å²) in [7, 11) is 0. The Hall–Kier alpha value is -3.03. The highest BCUT2D eigenvalue weighted by Gasteiger charge is 2.36. The van der Waals surface area contributed by atoms with Gasteiger partial charge in [0.25, 0.3) is 5.91 Å². The van der Waals surface area contributed by atoms with Gasteiger partial charge in [0.15, 0.2) is 0 Å². The fourth-order valence-electron chi connectivity index (χ4n) is 2.79. The number of amides is 2. The van der Waals surface area contributed by atoms with E-state index in [4.69, 9.17) is 4.74 Å². The maximum atomic E-state index is 13.0. The van der Waals surface area contributed by atoms with Crippen LogP contribution in [-0.2, 0) is 10.9 Å². The van der Waals surface area contributed by atoms with Crippen LogP contribution in [0.4, 0.5) is 23.7 Å². The molecule has 0 saturated carbocycles. The maximum Gasteiger partial charge on any atom is 0.417 e. The summed E-state index contributed by atoms with van der Waals surface area (Å²) in [6.07, 6.45) is -5.84. The molecule has 8 heteroatoms. The standard InChI is InChI=1S/C19H17F3N2O3/c1-12-6-8-13(9-7-12)24-11-14(27-18(24)26)10-23-17(25)15-4-2-3-5-16(15)19(20,21)22/h2-9,14H,10-11H2,1H3,(H,23,25)/t14-/m0/s1. The van der Waals surface area contributed by atoms with Crippen molar-refractivity contribution in [2.45, 2.75) is 19.2 Å². The van der Waals surface area contributed by atoms with Crippen LogP contribution < -0.4 is 10.2 Å². The minimum atomic E-state index is -4.63. The van der Waals surface area contributed by atoms with Gasteiger partial charge in [0.2, 0.25) is 0 Å². The predicted molar refractivity (Wildman–Crippen MR) is 92.6 cm³/mol. The molecular weight excluding hydrogens is 361 g/mol. The lowest BCUT2D eigenvalue weighted by molar-refractivity contribution is -0.137. The first-order valence-corrected chi connectivity index (χ1v) is 8.25. The average Bonchev–Trinajstić information content (AvgIpc) is 3.00. The molecule has 0 aromatic heterocycles. The van der Waals surface area contributed by atoms with Gasteiger partial charge in [0.1, 0.15) is 6.10 Å². The smallest absolute Gasteiger partial charge is 0.417 e. The van der Waals surface area contributed by atoms with Gasteiger partial charge in [-0.3, -0.25) is 9.69 Å². The summed E-state index contributed by atoms with van der Waals surface area (Å²) in [4.78, 5) is 25.6. The van der Waals surface area contributed by atoms with Gasteiger partial charge in [0.05, 0.1) is 24.2 Å². The second kappa shape index (κ2) is 7.30. The molecule has 2 aromatic carbocycles. The van der Waals surface area contributed by atoms with E-state index in [0.717, 1.165) is 17.7 Å². The number of nitrogens with one attached hydrogen (secondary N) is 1. The number of carbonyl (C=O) groups is 2. The molecule has 1 fully saturated rings. The van der Waals surface area contributed by atoms with E-state index in [1.54, 1.807) is 12.1 Å². The molecule has 1 saturated heterocycles. The van der Waals surface area contributed by atoms with Crippen molar-refractivity contribution in [3.63, 3.8) is 0 Å². The van der Waals surface area contributed by atoms with Gasteiger partial charge >= 0.3 is 12.3 Å². The largest absolute Gasteiger partial charge is 0.442 e. The Morgan fingerprint density at radius 3 is 2.52 bits per heavy atom. The molecule has 27 heavy (non-hydrogen) atoms. The van der Waals surface area contributed by atoms with Gasteiger partial charge in [-0.15, -0.1) is 0 Å². The molecule has 2 aromatic rings. The van der Waals surface area contributed by atoms with E-state index in [2.05, 4.69) is 5.32 Å². The van der Waals surface area contributed by atoms with Crippen molar-refractivity contribution in [2.24, 2.45) is 0 Å². The molecule has 0 radical (unpaired) electrons. The zero-order valence-corrected chi connectivity index (χ0v) is 14.4. The molecule has 0 aliphatic carbocycles. The van der Waals surface area contributed by atoms with E-state index in [1.165, 1.54) is 17.0 Å². The Morgan fingerprint density at radius 1 is 1.19 bits per heavy atom. The molecule has 3 rings (SSSR count). The van der Waals surface area contributed by atoms with E-state index in [-0.39, 0.29) is 13.1 Å². The first kappa shape index (κ1) is 18.8. The van der Waals surface area contributed by atoms with Crippen LogP contribution >= 0.6 is 0 Å². The molecule has 1 heterocycles. The Balaban J connectivity index is 1.64. The second-order valence-corrected chi connectivity index (χ2v) is 6.21. The van der Waals surface area contributed by atoms with Crippen molar-refractivity contribution < 1.29 is 27.5 Å². The summed E-state index contributed by atoms with van der Waals surface area (Å²) >= 11 is 0. The van der Waals surface area contributed by atoms with Crippen LogP contribution in [0.5, 0.6) is 0 Å². The third kappa shape index (κ3) is 4.21. The molecule has 0 unspecified atom stereocenters. The lowest BCUT2D eigenvalue weighted by Gasteiger charge is -2.14. The molecule has 0 bridgehead atoms. The number of cyclic esters (lactones) is 1. The van der Waals surface area contributed by atoms with E-state index < -0.39 is 35.4 Å². The van der Waals surface area contributed by atoms with Crippen molar-refractivity contribution in [1.29, 1.82) is 0 Å². The van der Waals surface area contributed by atoms with Gasteiger partial charge in [-0.1, -0.05) is 29.8 Å². The van der Waals surface area contributed by atoms with E-state index in [1.807, 2.05) is 19.1 Å². The number of alkyl halides is 3. The van der Waals surface area contributed by atoms with Crippen LogP contribution in [0.3, 0.4) is 0 Å². The highest BCUT2D eigenvalue weighted by atomic mass is 19.4. The topological polar surface area (TPSA) is 58.6 Å². The first-order chi connectivity index (χ1) is 12.8. The summed E-state index contributed by atoms with van der Waals surface area (Å²) in [6, 6.07) is 11.8. The summed E-state index contributed by atoms with van der Waals surface area (Å²) < 4.78 is 44.2. The lowest BCUT2D eigenvalue weighted by atomic mass is 10.1. The SMILES string of the molecule is Cc1ccc(N2C[C@H](CNC(=O)c3ccccc3C(F)(F)F)OC2=O)cc1. The predicted octanol–water partition coefficient (Wildman–Crippen LogP) is 3.77. The summed E-state index contributed by atoms with van der Waals surface area (Å²) in [5.41, 5.74) is 0.220. The van der Waals surface area contributed by atoms with Crippen LogP contribution in [0, 0.1) is 6.92 Å². The number of nitrogens with zero attached hydrogens (tertiary/aromatic N) is 1. The zero-order chi connectivity index (χ0) is 19.6. The van der Waals surface area contributed by atoms with Crippen LogP contribution in [0.25, 0.3) is 0 Å². The van der Waals surface area contributed by atoms with Crippen LogP contribution in [0.15, 0.2) is 48.5 Å². The average molecular weight is 378 g/mol. The third-order valence-corrected chi connectivity index (χ3v) is 4.19. The van der Waals surface area contributed by atoms with Crippen molar-refractivity contribution >= 4 is 17.7 Å². The fraction of sp³-hybridized carbons (Fsp3) is 0.263. The molecule has 1 aliphatic rings. The van der Waals surface area contributed by atoms with Crippen LogP contribution in [0.1, 0.15) is 21.5 Å². The van der Waals surface area contributed by atoms with Gasteiger partial charge < -0.3 is 10.1 Å². The van der Waals surface area contributed by atoms with Gasteiger partial charge in [0, 0.05) is 5.69 Å². The third-order valence-electron chi connectivity index (χ3n) is 4.19. The number of ether oxygens (including phenoxy) is 1. The van der Waals surface area contributed by atoms with Crippen molar-refractivity contribution in [3.8, 4) is 0 Å². The van der Waals surface area contributed by atoms with E-state index in [9.17, 15) is 22.8 Å². The number of halogens is 3. The lowest BCUT2D eigenvalue weighted by Crippen LogP contribution is -2.35. The molecule has 2 amide bonds. The number of hydrogen-bond acceptors (Lipinski definition) is 3. The Morgan fingerprint density at radius 2 is 1.85 bits per heavy atom. The van der Waals surface area contributed by atoms with Crippen molar-refractivity contribution in [3.05, 3.63) is 65.2 Å². The molecule has 1 atom stereocenters. The summed E-state index contributed by atoms with van der Waals surface area (Å²) in [5, 5.41) is 2.41. The minimum Gasteiger partial charge on any atom is -0.442 e. The summed E-state index contributed by atoms with van der Waals surface area (Å²) in [5.74, 6) is -0.868. The summed E-state index contributed by atoms with van der Waals surface area (Å²) in [6.45, 7) is 2.03. The van der Waals surface area contributed by atoms with Crippen LogP contribution in [0.2, 0.25) is 0 Å². The molecule has 0 spiro atoms. The molecule has 1 N–H and O–H groups in total. The quantitative estimate of drug-likeness (QED) is 0.881. The second-order valence-electron chi connectivity index (χ2n) is 6.21. The van der Waals surface area contributed by atoms with E-state index in [0.29, 0.717) is 5.69 Å². The van der Waals surface area contributed by atoms with Crippen molar-refractivity contribution in [1.82, 2.24) is 5.32 Å². The normalized spacial score (nSPS) is 17.0. The molecule has 142 valence electrons. The minimum absolute atomic E-state index is 0.0842. The van der Waals surface area contributed by atoms with Gasteiger partial charge in [-0.25, -0.2) is 4.79 Å². The fourth-order valence-corrected chi connectivity index (χ4v) is 2.79. The monoisotopic (exact) mass is 378 g/mol. The molecule has 5 nitrogen and oxygen atoms in total. The van der Waals surface area contributed by atoms with E-state index >= 15 is 0 Å². The molecule has 1 aliphatic heterocycles. The first-order valence-electron chi connectivity index (χ1n) is 8.25. The number of aryl methyl sites for hydroxylation is 1. The highest BCUT2D eigenvalue weighted by molar-refractivity contribution is 5.96. The van der Waals surface area contributed by atoms with Crippen molar-refractivity contribution in [2.75, 3.05) is 18.0 Å². The number of benzene rings is 2.